The van der Waals surface area contributed by atoms with Crippen molar-refractivity contribution in [3.63, 3.8) is 0 Å². The fourth-order valence-electron chi connectivity index (χ4n) is 2.50. The summed E-state index contributed by atoms with van der Waals surface area (Å²) in [6.45, 7) is 4.13. The summed E-state index contributed by atoms with van der Waals surface area (Å²) < 4.78 is 11.2. The van der Waals surface area contributed by atoms with Gasteiger partial charge < -0.3 is 14.2 Å². The molecule has 3 aromatic rings. The Balaban J connectivity index is 1.65. The minimum absolute atomic E-state index is 0.119. The van der Waals surface area contributed by atoms with Gasteiger partial charge in [0.25, 0.3) is 5.91 Å². The number of rotatable bonds is 7. The van der Waals surface area contributed by atoms with Crippen molar-refractivity contribution >= 4 is 17.2 Å². The molecule has 0 saturated heterocycles. The Morgan fingerprint density at radius 1 is 1.31 bits per heavy atom. The summed E-state index contributed by atoms with van der Waals surface area (Å²) in [6.07, 6.45) is 0.0164. The molecular formula is C19H21N3O3S. The topological polar surface area (TPSA) is 68.5 Å². The molecule has 0 unspecified atom stereocenters. The van der Waals surface area contributed by atoms with Crippen molar-refractivity contribution in [2.75, 3.05) is 7.05 Å². The van der Waals surface area contributed by atoms with E-state index in [2.05, 4.69) is 10.1 Å². The van der Waals surface area contributed by atoms with Gasteiger partial charge in [-0.3, -0.25) is 4.79 Å². The number of carbonyl (C=O) groups excluding carboxylic acids is 1. The standard InChI is InChI=1S/C19H21N3O3S/c1-4-14(24-15-9-6-5-8-13(15)2)19(23)22(3)12-17-20-18(21-25-17)16-10-7-11-26-16/h5-11,14H,4,12H2,1-3H3/t14-/m1/s1. The molecule has 0 bridgehead atoms. The maximum atomic E-state index is 12.7. The van der Waals surface area contributed by atoms with Gasteiger partial charge in [-0.25, -0.2) is 0 Å². The lowest BCUT2D eigenvalue weighted by molar-refractivity contribution is -0.138. The average Bonchev–Trinajstić information content (AvgIpc) is 3.32. The first-order valence-corrected chi connectivity index (χ1v) is 9.30. The molecule has 1 amide bonds. The maximum absolute atomic E-state index is 12.7. The molecule has 3 rings (SSSR count). The summed E-state index contributed by atoms with van der Waals surface area (Å²) in [7, 11) is 1.71. The third-order valence-corrected chi connectivity index (χ3v) is 4.83. The van der Waals surface area contributed by atoms with Crippen molar-refractivity contribution in [1.29, 1.82) is 0 Å². The monoisotopic (exact) mass is 371 g/mol. The van der Waals surface area contributed by atoms with Crippen LogP contribution in [0, 0.1) is 6.92 Å². The van der Waals surface area contributed by atoms with E-state index in [9.17, 15) is 4.79 Å². The van der Waals surface area contributed by atoms with Gasteiger partial charge in [-0.1, -0.05) is 36.3 Å². The Kier molecular flexibility index (Phi) is 5.68. The van der Waals surface area contributed by atoms with E-state index in [1.807, 2.05) is 55.6 Å². The van der Waals surface area contributed by atoms with Gasteiger partial charge in [-0.15, -0.1) is 11.3 Å². The molecule has 0 aliphatic rings. The first-order chi connectivity index (χ1) is 12.6. The van der Waals surface area contributed by atoms with Crippen molar-refractivity contribution in [3.05, 3.63) is 53.2 Å². The number of thiophene rings is 1. The molecule has 0 aliphatic carbocycles. The van der Waals surface area contributed by atoms with Crippen molar-refractivity contribution in [3.8, 4) is 16.5 Å². The first kappa shape index (κ1) is 18.1. The van der Waals surface area contributed by atoms with Crippen LogP contribution in [0.5, 0.6) is 5.75 Å². The number of amides is 1. The minimum atomic E-state index is -0.555. The zero-order valence-corrected chi connectivity index (χ0v) is 15.8. The smallest absolute Gasteiger partial charge is 0.263 e. The molecule has 0 fully saturated rings. The van der Waals surface area contributed by atoms with E-state index in [0.29, 0.717) is 18.1 Å². The van der Waals surface area contributed by atoms with E-state index in [1.165, 1.54) is 0 Å². The van der Waals surface area contributed by atoms with E-state index >= 15 is 0 Å². The third kappa shape index (κ3) is 4.11. The predicted octanol–water partition coefficient (Wildman–Crippen LogP) is 3.92. The number of carbonyl (C=O) groups is 1. The lowest BCUT2D eigenvalue weighted by Gasteiger charge is -2.23. The third-order valence-electron chi connectivity index (χ3n) is 3.97. The van der Waals surface area contributed by atoms with Crippen LogP contribution in [0.3, 0.4) is 0 Å². The highest BCUT2D eigenvalue weighted by atomic mass is 32.1. The van der Waals surface area contributed by atoms with Crippen LogP contribution in [0.25, 0.3) is 10.7 Å². The summed E-state index contributed by atoms with van der Waals surface area (Å²) >= 11 is 1.54. The van der Waals surface area contributed by atoms with Crippen LogP contribution in [0.15, 0.2) is 46.3 Å². The Labute approximate surface area is 156 Å². The van der Waals surface area contributed by atoms with E-state index in [1.54, 1.807) is 23.3 Å². The highest BCUT2D eigenvalue weighted by Crippen LogP contribution is 2.22. The number of hydrogen-bond donors (Lipinski definition) is 0. The number of benzene rings is 1. The average molecular weight is 371 g/mol. The largest absolute Gasteiger partial charge is 0.480 e. The van der Waals surface area contributed by atoms with E-state index in [0.717, 1.165) is 16.2 Å². The second kappa shape index (κ2) is 8.14. The fraction of sp³-hybridized carbons (Fsp3) is 0.316. The lowest BCUT2D eigenvalue weighted by Crippen LogP contribution is -2.39. The van der Waals surface area contributed by atoms with Gasteiger partial charge in [0.05, 0.1) is 11.4 Å². The molecule has 0 spiro atoms. The normalized spacial score (nSPS) is 12.0. The van der Waals surface area contributed by atoms with Crippen LogP contribution >= 0.6 is 11.3 Å². The second-order valence-corrected chi connectivity index (χ2v) is 6.91. The number of para-hydroxylation sites is 1. The predicted molar refractivity (Wildman–Crippen MR) is 100.0 cm³/mol. The number of aryl methyl sites for hydroxylation is 1. The molecule has 2 heterocycles. The van der Waals surface area contributed by atoms with Crippen molar-refractivity contribution in [2.45, 2.75) is 32.9 Å². The molecule has 2 aromatic heterocycles. The Bertz CT molecular complexity index is 861. The number of aromatic nitrogens is 2. The molecule has 6 nitrogen and oxygen atoms in total. The number of hydrogen-bond acceptors (Lipinski definition) is 6. The quantitative estimate of drug-likeness (QED) is 0.630. The molecule has 0 aliphatic heterocycles. The van der Waals surface area contributed by atoms with E-state index in [-0.39, 0.29) is 12.5 Å². The molecule has 26 heavy (non-hydrogen) atoms. The molecule has 0 radical (unpaired) electrons. The van der Waals surface area contributed by atoms with Crippen LogP contribution in [0.1, 0.15) is 24.8 Å². The Morgan fingerprint density at radius 2 is 2.12 bits per heavy atom. The Hall–Kier alpha value is -2.67. The molecule has 0 saturated carbocycles. The van der Waals surface area contributed by atoms with Gasteiger partial charge in [0, 0.05) is 7.05 Å². The van der Waals surface area contributed by atoms with Crippen molar-refractivity contribution < 1.29 is 14.1 Å². The van der Waals surface area contributed by atoms with E-state index < -0.39 is 6.10 Å². The summed E-state index contributed by atoms with van der Waals surface area (Å²) in [4.78, 5) is 19.6. The molecule has 0 N–H and O–H groups in total. The van der Waals surface area contributed by atoms with Crippen LogP contribution in [-0.4, -0.2) is 34.1 Å². The molecule has 1 atom stereocenters. The van der Waals surface area contributed by atoms with Crippen LogP contribution < -0.4 is 4.74 Å². The lowest BCUT2D eigenvalue weighted by atomic mass is 10.2. The summed E-state index contributed by atoms with van der Waals surface area (Å²) in [6, 6.07) is 11.5. The van der Waals surface area contributed by atoms with Crippen LogP contribution in [0.4, 0.5) is 0 Å². The van der Waals surface area contributed by atoms with Crippen LogP contribution in [-0.2, 0) is 11.3 Å². The fourth-order valence-corrected chi connectivity index (χ4v) is 3.15. The molecule has 136 valence electrons. The molecular weight excluding hydrogens is 350 g/mol. The summed E-state index contributed by atoms with van der Waals surface area (Å²) in [5, 5.41) is 5.92. The number of likely N-dealkylation sites (N-methyl/N-ethyl adjacent to an activating group) is 1. The Morgan fingerprint density at radius 3 is 2.81 bits per heavy atom. The van der Waals surface area contributed by atoms with E-state index in [4.69, 9.17) is 9.26 Å². The zero-order valence-electron chi connectivity index (χ0n) is 15.0. The van der Waals surface area contributed by atoms with Gasteiger partial charge in [0.1, 0.15) is 5.75 Å². The van der Waals surface area contributed by atoms with Gasteiger partial charge in [0.2, 0.25) is 11.7 Å². The first-order valence-electron chi connectivity index (χ1n) is 8.42. The SMILES string of the molecule is CC[C@@H](Oc1ccccc1C)C(=O)N(C)Cc1nc(-c2cccs2)no1. The molecule has 1 aromatic carbocycles. The van der Waals surface area contributed by atoms with Gasteiger partial charge in [0.15, 0.2) is 6.10 Å². The van der Waals surface area contributed by atoms with Gasteiger partial charge in [-0.2, -0.15) is 4.98 Å². The highest BCUT2D eigenvalue weighted by Gasteiger charge is 2.24. The number of nitrogens with zero attached hydrogens (tertiary/aromatic N) is 3. The van der Waals surface area contributed by atoms with Gasteiger partial charge in [-0.05, 0) is 36.4 Å². The van der Waals surface area contributed by atoms with Crippen molar-refractivity contribution in [1.82, 2.24) is 15.0 Å². The van der Waals surface area contributed by atoms with Crippen molar-refractivity contribution in [2.24, 2.45) is 0 Å². The summed E-state index contributed by atoms with van der Waals surface area (Å²) in [5.74, 6) is 1.54. The second-order valence-electron chi connectivity index (χ2n) is 5.96. The van der Waals surface area contributed by atoms with Gasteiger partial charge >= 0.3 is 0 Å². The maximum Gasteiger partial charge on any atom is 0.263 e. The summed E-state index contributed by atoms with van der Waals surface area (Å²) in [5.41, 5.74) is 0.999. The minimum Gasteiger partial charge on any atom is -0.480 e. The highest BCUT2D eigenvalue weighted by molar-refractivity contribution is 7.13. The van der Waals surface area contributed by atoms with Crippen LogP contribution in [0.2, 0.25) is 0 Å². The number of ether oxygens (including phenoxy) is 1. The molecule has 7 heteroatoms. The zero-order chi connectivity index (χ0) is 18.5.